The summed E-state index contributed by atoms with van der Waals surface area (Å²) in [5, 5.41) is 3.82. The van der Waals surface area contributed by atoms with Crippen molar-refractivity contribution in [3.8, 4) is 5.75 Å². The Labute approximate surface area is 145 Å². The van der Waals surface area contributed by atoms with Gasteiger partial charge in [-0.2, -0.15) is 0 Å². The molecule has 0 amide bonds. The van der Waals surface area contributed by atoms with Crippen molar-refractivity contribution in [3.05, 3.63) is 65.7 Å². The summed E-state index contributed by atoms with van der Waals surface area (Å²) in [6.07, 6.45) is 5.95. The van der Waals surface area contributed by atoms with E-state index in [9.17, 15) is 0 Å². The van der Waals surface area contributed by atoms with E-state index >= 15 is 0 Å². The van der Waals surface area contributed by atoms with Gasteiger partial charge in [0.1, 0.15) is 5.75 Å². The fraction of sp³-hybridized carbons (Fsp3) is 0.429. The summed E-state index contributed by atoms with van der Waals surface area (Å²) >= 11 is 0. The van der Waals surface area contributed by atoms with E-state index in [2.05, 4.69) is 41.7 Å². The third kappa shape index (κ3) is 4.16. The van der Waals surface area contributed by atoms with Gasteiger partial charge in [0.25, 0.3) is 0 Å². The number of nitrogens with two attached hydrogens (primary N) is 1. The summed E-state index contributed by atoms with van der Waals surface area (Å²) in [7, 11) is 1.72. The molecule has 0 bridgehead atoms. The van der Waals surface area contributed by atoms with E-state index in [0.717, 1.165) is 12.2 Å². The fourth-order valence-electron chi connectivity index (χ4n) is 3.72. The molecule has 3 N–H and O–H groups in total. The quantitative estimate of drug-likeness (QED) is 0.813. The van der Waals surface area contributed by atoms with Crippen LogP contribution >= 0.6 is 0 Å². The van der Waals surface area contributed by atoms with Gasteiger partial charge in [0, 0.05) is 18.1 Å². The first-order valence-corrected chi connectivity index (χ1v) is 8.96. The maximum Gasteiger partial charge on any atom is 0.122 e. The lowest BCUT2D eigenvalue weighted by atomic mass is 9.93. The van der Waals surface area contributed by atoms with Crippen molar-refractivity contribution in [1.29, 1.82) is 0 Å². The third-order valence-corrected chi connectivity index (χ3v) is 5.01. The highest BCUT2D eigenvalue weighted by atomic mass is 16.5. The largest absolute Gasteiger partial charge is 0.496 e. The first-order chi connectivity index (χ1) is 11.8. The van der Waals surface area contributed by atoms with Crippen molar-refractivity contribution in [2.45, 2.75) is 50.2 Å². The highest BCUT2D eigenvalue weighted by molar-refractivity contribution is 5.34. The number of rotatable bonds is 7. The van der Waals surface area contributed by atoms with Crippen LogP contribution in [0, 0.1) is 0 Å². The minimum Gasteiger partial charge on any atom is -0.496 e. The van der Waals surface area contributed by atoms with Gasteiger partial charge < -0.3 is 15.8 Å². The molecule has 2 aromatic rings. The Morgan fingerprint density at radius 1 is 1.04 bits per heavy atom. The van der Waals surface area contributed by atoms with Crippen LogP contribution < -0.4 is 15.8 Å². The molecule has 2 atom stereocenters. The van der Waals surface area contributed by atoms with Gasteiger partial charge in [0.15, 0.2) is 0 Å². The van der Waals surface area contributed by atoms with Crippen LogP contribution in [0.4, 0.5) is 0 Å². The minimum atomic E-state index is 0.00398. The second kappa shape index (κ2) is 8.32. The lowest BCUT2D eigenvalue weighted by Gasteiger charge is -2.29. The van der Waals surface area contributed by atoms with Gasteiger partial charge in [-0.25, -0.2) is 0 Å². The van der Waals surface area contributed by atoms with Crippen molar-refractivity contribution < 1.29 is 4.74 Å². The molecule has 2 unspecified atom stereocenters. The maximum atomic E-state index is 6.67. The molecule has 1 aliphatic carbocycles. The molecule has 3 rings (SSSR count). The molecule has 0 radical (unpaired) electrons. The molecule has 2 aromatic carbocycles. The lowest BCUT2D eigenvalue weighted by Crippen LogP contribution is -2.43. The topological polar surface area (TPSA) is 47.3 Å². The normalized spacial score (nSPS) is 17.6. The SMILES string of the molecule is COc1ccccc1CC(N)C(NC1CCCC1)c1ccccc1. The van der Waals surface area contributed by atoms with Crippen molar-refractivity contribution in [2.75, 3.05) is 7.11 Å². The van der Waals surface area contributed by atoms with E-state index in [1.54, 1.807) is 7.11 Å². The van der Waals surface area contributed by atoms with E-state index in [0.29, 0.717) is 6.04 Å². The molecular weight excluding hydrogens is 296 g/mol. The summed E-state index contributed by atoms with van der Waals surface area (Å²) in [6, 6.07) is 19.5. The average molecular weight is 324 g/mol. The highest BCUT2D eigenvalue weighted by Crippen LogP contribution is 2.27. The number of methoxy groups -OCH3 is 1. The number of hydrogen-bond donors (Lipinski definition) is 2. The van der Waals surface area contributed by atoms with Crippen LogP contribution in [0.15, 0.2) is 54.6 Å². The van der Waals surface area contributed by atoms with E-state index in [1.165, 1.54) is 36.8 Å². The molecule has 0 spiro atoms. The van der Waals surface area contributed by atoms with Gasteiger partial charge >= 0.3 is 0 Å². The molecule has 3 nitrogen and oxygen atoms in total. The molecule has 0 aromatic heterocycles. The zero-order valence-corrected chi connectivity index (χ0v) is 14.4. The van der Waals surface area contributed by atoms with Crippen LogP contribution in [0.25, 0.3) is 0 Å². The summed E-state index contributed by atoms with van der Waals surface area (Å²) < 4.78 is 5.49. The lowest BCUT2D eigenvalue weighted by molar-refractivity contribution is 0.374. The molecule has 0 heterocycles. The van der Waals surface area contributed by atoms with Gasteiger partial charge in [-0.3, -0.25) is 0 Å². The molecule has 24 heavy (non-hydrogen) atoms. The molecular formula is C21H28N2O. The standard InChI is InChI=1S/C21H28N2O/c1-24-20-14-8-5-11-17(20)15-19(22)21(16-9-3-2-4-10-16)23-18-12-6-7-13-18/h2-5,8-11,14,18-19,21,23H,6-7,12-13,15,22H2,1H3. The van der Waals surface area contributed by atoms with Gasteiger partial charge in [-0.1, -0.05) is 61.4 Å². The predicted octanol–water partition coefficient (Wildman–Crippen LogP) is 3.84. The molecule has 128 valence electrons. The zero-order chi connectivity index (χ0) is 16.8. The van der Waals surface area contributed by atoms with Crippen molar-refractivity contribution in [1.82, 2.24) is 5.32 Å². The van der Waals surface area contributed by atoms with Crippen LogP contribution in [-0.4, -0.2) is 19.2 Å². The summed E-state index contributed by atoms with van der Waals surface area (Å²) in [5.74, 6) is 0.917. The Hall–Kier alpha value is -1.84. The number of hydrogen-bond acceptors (Lipinski definition) is 3. The van der Waals surface area contributed by atoms with Gasteiger partial charge in [-0.15, -0.1) is 0 Å². The molecule has 0 aliphatic heterocycles. The van der Waals surface area contributed by atoms with E-state index in [-0.39, 0.29) is 12.1 Å². The second-order valence-electron chi connectivity index (χ2n) is 6.72. The monoisotopic (exact) mass is 324 g/mol. The average Bonchev–Trinajstić information content (AvgIpc) is 3.14. The van der Waals surface area contributed by atoms with E-state index in [4.69, 9.17) is 10.5 Å². The first kappa shape index (κ1) is 17.0. The Balaban J connectivity index is 1.78. The minimum absolute atomic E-state index is 0.00398. The smallest absolute Gasteiger partial charge is 0.122 e. The molecule has 1 fully saturated rings. The first-order valence-electron chi connectivity index (χ1n) is 8.96. The van der Waals surface area contributed by atoms with Crippen LogP contribution in [0.2, 0.25) is 0 Å². The summed E-state index contributed by atoms with van der Waals surface area (Å²) in [6.45, 7) is 0. The summed E-state index contributed by atoms with van der Waals surface area (Å²) in [5.41, 5.74) is 9.10. The van der Waals surface area contributed by atoms with Gasteiger partial charge in [-0.05, 0) is 36.5 Å². The van der Waals surface area contributed by atoms with Crippen LogP contribution in [-0.2, 0) is 6.42 Å². The zero-order valence-electron chi connectivity index (χ0n) is 14.4. The molecule has 3 heteroatoms. The van der Waals surface area contributed by atoms with Crippen LogP contribution in [0.5, 0.6) is 5.75 Å². The Morgan fingerprint density at radius 3 is 2.42 bits per heavy atom. The van der Waals surface area contributed by atoms with Crippen LogP contribution in [0.3, 0.4) is 0 Å². The third-order valence-electron chi connectivity index (χ3n) is 5.01. The number of ether oxygens (including phenoxy) is 1. The van der Waals surface area contributed by atoms with Crippen molar-refractivity contribution in [3.63, 3.8) is 0 Å². The van der Waals surface area contributed by atoms with E-state index in [1.807, 2.05) is 18.2 Å². The number of benzene rings is 2. The van der Waals surface area contributed by atoms with E-state index < -0.39 is 0 Å². The Kier molecular flexibility index (Phi) is 5.89. The molecule has 1 aliphatic rings. The fourth-order valence-corrected chi connectivity index (χ4v) is 3.72. The Morgan fingerprint density at radius 2 is 1.71 bits per heavy atom. The number of nitrogens with one attached hydrogen (secondary N) is 1. The highest BCUT2D eigenvalue weighted by Gasteiger charge is 2.25. The Bertz CT molecular complexity index is 623. The second-order valence-corrected chi connectivity index (χ2v) is 6.72. The number of para-hydroxylation sites is 1. The van der Waals surface area contributed by atoms with Crippen molar-refractivity contribution >= 4 is 0 Å². The predicted molar refractivity (Wildman–Crippen MR) is 99.2 cm³/mol. The van der Waals surface area contributed by atoms with Crippen molar-refractivity contribution in [2.24, 2.45) is 5.73 Å². The van der Waals surface area contributed by atoms with Gasteiger partial charge in [0.2, 0.25) is 0 Å². The maximum absolute atomic E-state index is 6.67. The summed E-state index contributed by atoms with van der Waals surface area (Å²) in [4.78, 5) is 0. The molecule has 1 saturated carbocycles. The van der Waals surface area contributed by atoms with Crippen LogP contribution in [0.1, 0.15) is 42.9 Å². The molecule has 0 saturated heterocycles. The van der Waals surface area contributed by atoms with Gasteiger partial charge in [0.05, 0.1) is 7.11 Å².